The summed E-state index contributed by atoms with van der Waals surface area (Å²) in [5.41, 5.74) is -0.0720. The fourth-order valence-corrected chi connectivity index (χ4v) is 3.81. The SMILES string of the molecule is COC(=O)C1=C(C(=O)OC)N(c2ccc(S(=O)(=O)C(F)F)cc2Br)COC1. The molecule has 0 amide bonds. The quantitative estimate of drug-likeness (QED) is 0.602. The molecule has 0 atom stereocenters. The maximum atomic E-state index is 12.7. The Kier molecular flexibility index (Phi) is 6.54. The summed E-state index contributed by atoms with van der Waals surface area (Å²) >= 11 is 3.10. The van der Waals surface area contributed by atoms with Crippen molar-refractivity contribution in [2.24, 2.45) is 0 Å². The molecule has 0 saturated carbocycles. The molecule has 8 nitrogen and oxygen atoms in total. The van der Waals surface area contributed by atoms with E-state index in [-0.39, 0.29) is 34.8 Å². The van der Waals surface area contributed by atoms with Crippen LogP contribution in [0.1, 0.15) is 0 Å². The lowest BCUT2D eigenvalue weighted by molar-refractivity contribution is -0.140. The smallest absolute Gasteiger partial charge is 0.355 e. The Labute approximate surface area is 161 Å². The van der Waals surface area contributed by atoms with Crippen molar-refractivity contribution in [3.05, 3.63) is 33.9 Å². The van der Waals surface area contributed by atoms with Crippen LogP contribution in [-0.2, 0) is 33.6 Å². The van der Waals surface area contributed by atoms with Crippen LogP contribution in [0.25, 0.3) is 0 Å². The van der Waals surface area contributed by atoms with Gasteiger partial charge in [0.2, 0.25) is 9.84 Å². The highest BCUT2D eigenvalue weighted by Gasteiger charge is 2.34. The summed E-state index contributed by atoms with van der Waals surface area (Å²) in [6, 6.07) is 3.13. The summed E-state index contributed by atoms with van der Waals surface area (Å²) in [6.07, 6.45) is 0. The highest BCUT2D eigenvalue weighted by atomic mass is 79.9. The Morgan fingerprint density at radius 2 is 1.85 bits per heavy atom. The molecule has 1 aromatic rings. The Bertz CT molecular complexity index is 901. The van der Waals surface area contributed by atoms with Gasteiger partial charge in [0.15, 0.2) is 0 Å². The third kappa shape index (κ3) is 4.12. The second kappa shape index (κ2) is 8.31. The number of carbonyl (C=O) groups is 2. The lowest BCUT2D eigenvalue weighted by Crippen LogP contribution is -2.39. The van der Waals surface area contributed by atoms with E-state index in [1.54, 1.807) is 0 Å². The van der Waals surface area contributed by atoms with E-state index in [1.165, 1.54) is 11.0 Å². The molecule has 0 N–H and O–H groups in total. The molecule has 1 aliphatic rings. The summed E-state index contributed by atoms with van der Waals surface area (Å²) in [6.45, 7) is -0.381. The van der Waals surface area contributed by atoms with Gasteiger partial charge in [-0.25, -0.2) is 18.0 Å². The monoisotopic (exact) mass is 469 g/mol. The number of sulfone groups is 1. The van der Waals surface area contributed by atoms with Crippen LogP contribution < -0.4 is 4.90 Å². The van der Waals surface area contributed by atoms with E-state index in [4.69, 9.17) is 9.47 Å². The minimum absolute atomic E-state index is 0.0837. The van der Waals surface area contributed by atoms with Gasteiger partial charge in [-0.15, -0.1) is 0 Å². The van der Waals surface area contributed by atoms with Crippen LogP contribution >= 0.6 is 15.9 Å². The zero-order valence-corrected chi connectivity index (χ0v) is 16.5. The van der Waals surface area contributed by atoms with Gasteiger partial charge in [0.25, 0.3) is 0 Å². The minimum Gasteiger partial charge on any atom is -0.466 e. The summed E-state index contributed by atoms with van der Waals surface area (Å²) in [5.74, 6) is -5.24. The minimum atomic E-state index is -4.80. The normalized spacial score (nSPS) is 15.1. The van der Waals surface area contributed by atoms with Crippen LogP contribution in [0.3, 0.4) is 0 Å². The molecule has 0 radical (unpaired) electrons. The highest BCUT2D eigenvalue weighted by Crippen LogP contribution is 2.35. The molecule has 0 spiro atoms. The summed E-state index contributed by atoms with van der Waals surface area (Å²) in [7, 11) is -2.56. The first-order valence-corrected chi connectivity index (χ1v) is 9.55. The van der Waals surface area contributed by atoms with Gasteiger partial charge >= 0.3 is 17.7 Å². The summed E-state index contributed by atoms with van der Waals surface area (Å²) < 4.78 is 63.4. The van der Waals surface area contributed by atoms with Crippen LogP contribution in [-0.4, -0.2) is 53.7 Å². The van der Waals surface area contributed by atoms with E-state index in [0.29, 0.717) is 0 Å². The Morgan fingerprint density at radius 3 is 2.37 bits per heavy atom. The van der Waals surface area contributed by atoms with Gasteiger partial charge in [-0.3, -0.25) is 0 Å². The number of benzene rings is 1. The molecule has 0 bridgehead atoms. The number of ether oxygens (including phenoxy) is 3. The van der Waals surface area contributed by atoms with E-state index in [0.717, 1.165) is 26.4 Å². The number of hydrogen-bond donors (Lipinski definition) is 0. The van der Waals surface area contributed by atoms with E-state index < -0.39 is 32.4 Å². The number of methoxy groups -OCH3 is 2. The van der Waals surface area contributed by atoms with Crippen molar-refractivity contribution in [2.45, 2.75) is 10.7 Å². The molecule has 0 saturated heterocycles. The Hall–Kier alpha value is -2.05. The maximum Gasteiger partial charge on any atom is 0.355 e. The summed E-state index contributed by atoms with van der Waals surface area (Å²) in [5, 5.41) is 0. The van der Waals surface area contributed by atoms with E-state index in [9.17, 15) is 26.8 Å². The van der Waals surface area contributed by atoms with Crippen LogP contribution in [0.5, 0.6) is 0 Å². The lowest BCUT2D eigenvalue weighted by atomic mass is 10.1. The number of hydrogen-bond acceptors (Lipinski definition) is 8. The second-order valence-electron chi connectivity index (χ2n) is 5.13. The maximum absolute atomic E-state index is 12.7. The second-order valence-corrected chi connectivity index (χ2v) is 7.91. The third-order valence-electron chi connectivity index (χ3n) is 3.61. The average molecular weight is 470 g/mol. The van der Waals surface area contributed by atoms with Gasteiger partial charge in [-0.2, -0.15) is 8.78 Å². The molecule has 0 aliphatic carbocycles. The van der Waals surface area contributed by atoms with Crippen molar-refractivity contribution in [2.75, 3.05) is 32.5 Å². The predicted molar refractivity (Wildman–Crippen MR) is 91.7 cm³/mol. The Morgan fingerprint density at radius 1 is 1.22 bits per heavy atom. The highest BCUT2D eigenvalue weighted by molar-refractivity contribution is 9.10. The number of alkyl halides is 2. The van der Waals surface area contributed by atoms with Crippen molar-refractivity contribution >= 4 is 43.4 Å². The van der Waals surface area contributed by atoms with E-state index >= 15 is 0 Å². The third-order valence-corrected chi connectivity index (χ3v) is 5.62. The van der Waals surface area contributed by atoms with E-state index in [2.05, 4.69) is 20.7 Å². The van der Waals surface area contributed by atoms with Gasteiger partial charge in [0.05, 0.1) is 37.0 Å². The first-order chi connectivity index (χ1) is 12.6. The topological polar surface area (TPSA) is 99.2 Å². The largest absolute Gasteiger partial charge is 0.466 e. The number of rotatable bonds is 5. The van der Waals surface area contributed by atoms with Crippen molar-refractivity contribution in [1.82, 2.24) is 0 Å². The summed E-state index contributed by atoms with van der Waals surface area (Å²) in [4.78, 5) is 24.8. The zero-order valence-electron chi connectivity index (χ0n) is 14.1. The van der Waals surface area contributed by atoms with Gasteiger partial charge in [-0.05, 0) is 34.1 Å². The first kappa shape index (κ1) is 21.3. The van der Waals surface area contributed by atoms with Crippen LogP contribution in [0.4, 0.5) is 14.5 Å². The molecule has 2 rings (SSSR count). The Balaban J connectivity index is 2.59. The van der Waals surface area contributed by atoms with Crippen molar-refractivity contribution < 1.29 is 41.0 Å². The van der Waals surface area contributed by atoms with Crippen LogP contribution in [0.15, 0.2) is 38.8 Å². The number of carbonyl (C=O) groups excluding carboxylic acids is 2. The number of nitrogens with zero attached hydrogens (tertiary/aromatic N) is 1. The molecule has 1 aliphatic heterocycles. The molecular formula is C15H14BrF2NO7S. The first-order valence-electron chi connectivity index (χ1n) is 7.21. The predicted octanol–water partition coefficient (Wildman–Crippen LogP) is 1.84. The molecule has 1 aromatic carbocycles. The van der Waals surface area contributed by atoms with Crippen LogP contribution in [0.2, 0.25) is 0 Å². The van der Waals surface area contributed by atoms with Crippen molar-refractivity contribution in [1.29, 1.82) is 0 Å². The van der Waals surface area contributed by atoms with Gasteiger partial charge < -0.3 is 19.1 Å². The van der Waals surface area contributed by atoms with Crippen molar-refractivity contribution in [3.63, 3.8) is 0 Å². The fraction of sp³-hybridized carbons (Fsp3) is 0.333. The molecule has 0 aromatic heterocycles. The standard InChI is InChI=1S/C15H14BrF2NO7S/c1-24-13(20)9-6-26-7-19(12(9)14(21)25-2)11-4-3-8(5-10(11)16)27(22,23)15(17)18/h3-5,15H,6-7H2,1-2H3. The molecule has 1 heterocycles. The van der Waals surface area contributed by atoms with Gasteiger partial charge in [0.1, 0.15) is 12.4 Å². The van der Waals surface area contributed by atoms with Gasteiger partial charge in [0, 0.05) is 4.47 Å². The average Bonchev–Trinajstić information content (AvgIpc) is 2.65. The van der Waals surface area contributed by atoms with Crippen LogP contribution in [0, 0.1) is 0 Å². The molecule has 0 fully saturated rings. The number of anilines is 1. The van der Waals surface area contributed by atoms with Crippen molar-refractivity contribution in [3.8, 4) is 0 Å². The lowest BCUT2D eigenvalue weighted by Gasteiger charge is -2.32. The number of esters is 2. The molecule has 12 heteroatoms. The van der Waals surface area contributed by atoms with Gasteiger partial charge in [-0.1, -0.05) is 0 Å². The number of halogens is 3. The molecule has 148 valence electrons. The zero-order chi connectivity index (χ0) is 20.4. The fourth-order valence-electron chi connectivity index (χ4n) is 2.32. The molecular weight excluding hydrogens is 456 g/mol. The molecule has 0 unspecified atom stereocenters. The molecule has 27 heavy (non-hydrogen) atoms. The van der Waals surface area contributed by atoms with E-state index in [1.807, 2.05) is 0 Å².